The summed E-state index contributed by atoms with van der Waals surface area (Å²) in [6.07, 6.45) is 1.04. The van der Waals surface area contributed by atoms with Gasteiger partial charge in [0.05, 0.1) is 42.2 Å². The first kappa shape index (κ1) is 36.8. The van der Waals surface area contributed by atoms with Crippen LogP contribution in [0.3, 0.4) is 0 Å². The highest BCUT2D eigenvalue weighted by molar-refractivity contribution is 7.89. The number of aromatic hydroxyl groups is 1. The fourth-order valence-corrected chi connectivity index (χ4v) is 7.69. The third kappa shape index (κ3) is 7.33. The summed E-state index contributed by atoms with van der Waals surface area (Å²) in [6, 6.07) is 12.1. The lowest BCUT2D eigenvalue weighted by atomic mass is 10.1. The number of nitrogens with two attached hydrogens (primary N) is 1. The Bertz CT molecular complexity index is 2310. The lowest BCUT2D eigenvalue weighted by molar-refractivity contribution is 0.00756. The number of carbonyl (C=O) groups excluding carboxylic acids is 1. The van der Waals surface area contributed by atoms with Gasteiger partial charge in [-0.25, -0.2) is 28.1 Å². The molecule has 4 heterocycles. The number of aliphatic hydroxyl groups excluding tert-OH is 3. The average molecular weight is 764 g/mol. The van der Waals surface area contributed by atoms with E-state index in [1.807, 2.05) is 35.2 Å². The zero-order valence-corrected chi connectivity index (χ0v) is 29.9. The summed E-state index contributed by atoms with van der Waals surface area (Å²) in [5, 5.41) is 57.3. The van der Waals surface area contributed by atoms with E-state index < -0.39 is 52.1 Å². The second-order valence-electron chi connectivity index (χ2n) is 13.6. The molecular weight excluding hydrogens is 723 g/mol. The Balaban J connectivity index is 1.16. The van der Waals surface area contributed by atoms with Crippen molar-refractivity contribution >= 4 is 44.7 Å². The minimum absolute atomic E-state index is 0.0657. The number of imidazole rings is 2. The zero-order valence-electron chi connectivity index (χ0n) is 29.1. The van der Waals surface area contributed by atoms with Crippen LogP contribution in [-0.2, 0) is 23.5 Å². The van der Waals surface area contributed by atoms with Crippen molar-refractivity contribution in [3.8, 4) is 5.88 Å². The van der Waals surface area contributed by atoms with Gasteiger partial charge in [-0.2, -0.15) is 9.97 Å². The Kier molecular flexibility index (Phi) is 10.0. The van der Waals surface area contributed by atoms with E-state index >= 15 is 0 Å². The highest BCUT2D eigenvalue weighted by Crippen LogP contribution is 2.41. The summed E-state index contributed by atoms with van der Waals surface area (Å²) in [6.45, 7) is 0.563. The number of hydrogen-bond donors (Lipinski definition) is 8. The molecule has 1 aliphatic carbocycles. The molecule has 2 amide bonds. The SMILES string of the molecule is Cn1cc(O)n([C@H]2C[C@@H](n3cnc4c(N[C@H](CO)Cc5ccccc5)nc(N5CC[C@@H](NC(=O)Nc6ccc(S(N)(=O)=O)cc6)C5)nc43)[C@H](O)[C@@H]2O)c1=O. The molecule has 1 saturated heterocycles. The molecule has 3 aromatic heterocycles. The molecule has 0 unspecified atom stereocenters. The number of aromatic nitrogens is 6. The van der Waals surface area contributed by atoms with E-state index in [0.29, 0.717) is 48.6 Å². The molecule has 19 nitrogen and oxygen atoms in total. The maximum absolute atomic E-state index is 12.9. The predicted molar refractivity (Wildman–Crippen MR) is 197 cm³/mol. The van der Waals surface area contributed by atoms with E-state index in [4.69, 9.17) is 15.1 Å². The highest BCUT2D eigenvalue weighted by atomic mass is 32.2. The molecule has 1 aliphatic heterocycles. The van der Waals surface area contributed by atoms with Crippen LogP contribution in [0.15, 0.2) is 76.8 Å². The van der Waals surface area contributed by atoms with Gasteiger partial charge in [0, 0.05) is 31.9 Å². The van der Waals surface area contributed by atoms with Crippen LogP contribution in [0, 0.1) is 0 Å². The van der Waals surface area contributed by atoms with E-state index in [1.165, 1.54) is 48.4 Å². The number of nitrogens with one attached hydrogen (secondary N) is 3. The molecule has 5 aromatic rings. The number of benzene rings is 2. The number of urea groups is 1. The van der Waals surface area contributed by atoms with Gasteiger partial charge in [0.2, 0.25) is 21.9 Å². The predicted octanol–water partition coefficient (Wildman–Crippen LogP) is 0.00330. The number of hydrogen-bond acceptors (Lipinski definition) is 13. The molecule has 2 aliphatic rings. The Labute approximate surface area is 308 Å². The third-order valence-electron chi connectivity index (χ3n) is 9.92. The van der Waals surface area contributed by atoms with Gasteiger partial charge in [-0.15, -0.1) is 0 Å². The fraction of sp³-hybridized carbons (Fsp3) is 0.382. The van der Waals surface area contributed by atoms with Crippen molar-refractivity contribution < 1.29 is 33.6 Å². The van der Waals surface area contributed by atoms with Gasteiger partial charge in [-0.1, -0.05) is 30.3 Å². The van der Waals surface area contributed by atoms with Gasteiger partial charge in [0.1, 0.15) is 12.2 Å². The number of anilines is 3. The topological polar surface area (TPSA) is 268 Å². The first-order valence-electron chi connectivity index (χ1n) is 17.2. The van der Waals surface area contributed by atoms with Crippen molar-refractivity contribution in [1.82, 2.24) is 34.0 Å². The fourth-order valence-electron chi connectivity index (χ4n) is 7.17. The van der Waals surface area contributed by atoms with Crippen LogP contribution in [-0.4, -0.2) is 108 Å². The highest BCUT2D eigenvalue weighted by Gasteiger charge is 2.46. The average Bonchev–Trinajstić information content (AvgIpc) is 3.90. The number of rotatable bonds is 11. The smallest absolute Gasteiger partial charge is 0.331 e. The van der Waals surface area contributed by atoms with E-state index in [1.54, 1.807) is 4.57 Å². The van der Waals surface area contributed by atoms with Crippen molar-refractivity contribution in [1.29, 1.82) is 0 Å². The van der Waals surface area contributed by atoms with Crippen molar-refractivity contribution in [2.75, 3.05) is 35.2 Å². The van der Waals surface area contributed by atoms with Crippen molar-refractivity contribution in [2.24, 2.45) is 12.2 Å². The van der Waals surface area contributed by atoms with Crippen molar-refractivity contribution in [2.45, 2.75) is 60.5 Å². The van der Waals surface area contributed by atoms with Crippen LogP contribution >= 0.6 is 0 Å². The summed E-state index contributed by atoms with van der Waals surface area (Å²) in [5.41, 5.74) is 1.47. The summed E-state index contributed by atoms with van der Waals surface area (Å²) < 4.78 is 27.0. The third-order valence-corrected chi connectivity index (χ3v) is 10.8. The van der Waals surface area contributed by atoms with Crippen LogP contribution in [0.5, 0.6) is 5.88 Å². The molecule has 20 heteroatoms. The number of aryl methyl sites for hydroxylation is 1. The maximum Gasteiger partial charge on any atom is 0.331 e. The van der Waals surface area contributed by atoms with E-state index in [2.05, 4.69) is 20.9 Å². The lowest BCUT2D eigenvalue weighted by Crippen LogP contribution is -2.40. The Morgan fingerprint density at radius 3 is 2.44 bits per heavy atom. The largest absolute Gasteiger partial charge is 0.493 e. The lowest BCUT2D eigenvalue weighted by Gasteiger charge is -2.22. The molecular formula is C34H41N11O8S. The molecule has 2 aromatic carbocycles. The first-order chi connectivity index (χ1) is 25.8. The quantitative estimate of drug-likeness (QED) is 0.0882. The molecule has 286 valence electrons. The molecule has 7 rings (SSSR count). The van der Waals surface area contributed by atoms with E-state index in [9.17, 15) is 38.4 Å². The Hall–Kier alpha value is -5.54. The van der Waals surface area contributed by atoms with Gasteiger partial charge in [-0.3, -0.25) is 9.13 Å². The number of fused-ring (bicyclic) bond motifs is 1. The minimum atomic E-state index is -3.88. The number of aliphatic hydroxyl groups is 3. The van der Waals surface area contributed by atoms with Crippen LogP contribution < -0.4 is 31.7 Å². The normalized spacial score (nSPS) is 22.1. The first-order valence-corrected chi connectivity index (χ1v) is 18.8. The van der Waals surface area contributed by atoms with E-state index in [0.717, 1.165) is 10.1 Å². The molecule has 0 radical (unpaired) electrons. The summed E-state index contributed by atoms with van der Waals surface area (Å²) in [7, 11) is -2.40. The van der Waals surface area contributed by atoms with Crippen LogP contribution in [0.2, 0.25) is 0 Å². The standard InChI is InChI=1S/C34H41N11O8S/c1-42-16-26(47)45(34(42)51)25-14-24(28(48)29(25)49)44-18-36-27-30(37-22(17-46)13-19-5-3-2-4-6-19)40-32(41-31(27)44)43-12-11-21(15-43)39-33(50)38-20-7-9-23(10-8-20)54(35,52)53/h2-10,16,18,21-22,24-25,28-29,46-49H,11-15,17H2,1H3,(H2,35,52,53)(H,37,40,41)(H2,38,39,50)/t21-,22+,24-,25+,28+,29-/m1/s1. The second kappa shape index (κ2) is 14.7. The molecule has 0 bridgehead atoms. The van der Waals surface area contributed by atoms with E-state index in [-0.39, 0.29) is 35.8 Å². The van der Waals surface area contributed by atoms with Gasteiger partial charge in [0.15, 0.2) is 17.0 Å². The summed E-state index contributed by atoms with van der Waals surface area (Å²) >= 11 is 0. The molecule has 9 N–H and O–H groups in total. The number of amides is 2. The van der Waals surface area contributed by atoms with Crippen LogP contribution in [0.4, 0.5) is 22.2 Å². The van der Waals surface area contributed by atoms with Gasteiger partial charge in [-0.05, 0) is 49.1 Å². The zero-order chi connectivity index (χ0) is 38.3. The molecule has 1 saturated carbocycles. The van der Waals surface area contributed by atoms with Gasteiger partial charge < -0.3 is 45.8 Å². The molecule has 6 atom stereocenters. The number of nitrogens with zero attached hydrogens (tertiary/aromatic N) is 7. The summed E-state index contributed by atoms with van der Waals surface area (Å²) in [4.78, 5) is 41.7. The number of primary sulfonamides is 1. The summed E-state index contributed by atoms with van der Waals surface area (Å²) in [5.74, 6) is 0.264. The van der Waals surface area contributed by atoms with Crippen molar-refractivity contribution in [3.05, 3.63) is 83.2 Å². The molecule has 0 spiro atoms. The van der Waals surface area contributed by atoms with Crippen LogP contribution in [0.25, 0.3) is 11.2 Å². The number of sulfonamides is 1. The monoisotopic (exact) mass is 763 g/mol. The molecule has 2 fully saturated rings. The van der Waals surface area contributed by atoms with Crippen molar-refractivity contribution in [3.63, 3.8) is 0 Å². The minimum Gasteiger partial charge on any atom is -0.493 e. The van der Waals surface area contributed by atoms with Gasteiger partial charge >= 0.3 is 11.7 Å². The Morgan fingerprint density at radius 1 is 1.06 bits per heavy atom. The van der Waals surface area contributed by atoms with Gasteiger partial charge in [0.25, 0.3) is 0 Å². The number of carbonyl (C=O) groups is 1. The Morgan fingerprint density at radius 2 is 1.78 bits per heavy atom. The van der Waals surface area contributed by atoms with Crippen LogP contribution in [0.1, 0.15) is 30.5 Å². The maximum atomic E-state index is 12.9. The molecule has 54 heavy (non-hydrogen) atoms. The second-order valence-corrected chi connectivity index (χ2v) is 15.2.